The highest BCUT2D eigenvalue weighted by Crippen LogP contribution is 2.35. The summed E-state index contributed by atoms with van der Waals surface area (Å²) in [6.45, 7) is 2.31. The molecule has 2 aromatic heterocycles. The van der Waals surface area contributed by atoms with Gasteiger partial charge in [0.1, 0.15) is 11.4 Å². The number of pyridine rings is 1. The molecule has 1 unspecified atom stereocenters. The molecule has 0 aliphatic carbocycles. The van der Waals surface area contributed by atoms with E-state index in [1.54, 1.807) is 19.5 Å². The number of carboxylic acid groups (broad SMARTS) is 1. The number of carboxylic acids is 1. The predicted molar refractivity (Wildman–Crippen MR) is 136 cm³/mol. The molecule has 1 aliphatic rings. The molecule has 4 rings (SSSR count). The lowest BCUT2D eigenvalue weighted by Crippen LogP contribution is -2.41. The molecule has 1 saturated heterocycles. The highest BCUT2D eigenvalue weighted by molar-refractivity contribution is 5.83. The number of piperidine rings is 1. The summed E-state index contributed by atoms with van der Waals surface area (Å²) in [7, 11) is 1.62. The highest BCUT2D eigenvalue weighted by atomic mass is 16.5. The van der Waals surface area contributed by atoms with Crippen LogP contribution in [0.3, 0.4) is 0 Å². The maximum Gasteiger partial charge on any atom is 0.303 e. The zero-order valence-electron chi connectivity index (χ0n) is 20.5. The Morgan fingerprint density at radius 2 is 2.11 bits per heavy atom. The number of likely N-dealkylation sites (tertiary alicyclic amines) is 1. The van der Waals surface area contributed by atoms with Crippen LogP contribution in [0.2, 0.25) is 0 Å². The fourth-order valence-corrected chi connectivity index (χ4v) is 5.02. The van der Waals surface area contributed by atoms with Crippen molar-refractivity contribution in [1.29, 1.82) is 0 Å². The smallest absolute Gasteiger partial charge is 0.303 e. The Hall–Kier alpha value is -3.54. The van der Waals surface area contributed by atoms with Gasteiger partial charge in [-0.05, 0) is 91.9 Å². The molecule has 36 heavy (non-hydrogen) atoms. The minimum atomic E-state index is -0.773. The number of aromatic nitrogens is 3. The van der Waals surface area contributed by atoms with Gasteiger partial charge in [0.25, 0.3) is 0 Å². The van der Waals surface area contributed by atoms with Crippen LogP contribution >= 0.6 is 0 Å². The molecule has 0 amide bonds. The van der Waals surface area contributed by atoms with E-state index in [0.717, 1.165) is 48.1 Å². The van der Waals surface area contributed by atoms with Crippen molar-refractivity contribution in [3.8, 4) is 17.6 Å². The number of fused-ring (bicyclic) bond motifs is 1. The van der Waals surface area contributed by atoms with Gasteiger partial charge in [-0.15, -0.1) is 5.10 Å². The lowest BCUT2D eigenvalue weighted by atomic mass is 9.79. The Morgan fingerprint density at radius 1 is 1.22 bits per heavy atom. The van der Waals surface area contributed by atoms with Gasteiger partial charge in [-0.3, -0.25) is 14.7 Å². The van der Waals surface area contributed by atoms with Gasteiger partial charge in [-0.2, -0.15) is 5.10 Å². The van der Waals surface area contributed by atoms with Crippen LogP contribution in [0.25, 0.3) is 10.9 Å². The van der Waals surface area contributed by atoms with Crippen LogP contribution in [0.1, 0.15) is 49.5 Å². The van der Waals surface area contributed by atoms with Crippen LogP contribution in [-0.2, 0) is 4.79 Å². The predicted octanol–water partition coefficient (Wildman–Crippen LogP) is 3.70. The van der Waals surface area contributed by atoms with E-state index >= 15 is 0 Å². The Bertz CT molecular complexity index is 1220. The molecule has 0 radical (unpaired) electrons. The first-order valence-electron chi connectivity index (χ1n) is 12.3. The van der Waals surface area contributed by atoms with E-state index in [0.29, 0.717) is 31.0 Å². The molecule has 1 aliphatic heterocycles. The Balaban J connectivity index is 1.39. The van der Waals surface area contributed by atoms with Gasteiger partial charge >= 0.3 is 5.97 Å². The minimum absolute atomic E-state index is 0.150. The topological polar surface area (TPSA) is 109 Å². The molecule has 3 atom stereocenters. The van der Waals surface area contributed by atoms with Gasteiger partial charge in [0, 0.05) is 30.7 Å². The third-order valence-corrected chi connectivity index (χ3v) is 6.95. The summed E-state index contributed by atoms with van der Waals surface area (Å²) in [4.78, 5) is 18.0. The van der Waals surface area contributed by atoms with Crippen LogP contribution in [-0.4, -0.2) is 63.0 Å². The number of aliphatic hydroxyl groups is 1. The lowest BCUT2D eigenvalue weighted by molar-refractivity contribution is -0.137. The minimum Gasteiger partial charge on any atom is -0.497 e. The summed E-state index contributed by atoms with van der Waals surface area (Å²) >= 11 is 0. The largest absolute Gasteiger partial charge is 0.497 e. The third-order valence-electron chi connectivity index (χ3n) is 6.95. The number of ether oxygens (including phenoxy) is 1. The van der Waals surface area contributed by atoms with Crippen LogP contribution in [0.5, 0.6) is 5.75 Å². The first-order valence-corrected chi connectivity index (χ1v) is 12.3. The van der Waals surface area contributed by atoms with E-state index < -0.39 is 12.1 Å². The van der Waals surface area contributed by atoms with Gasteiger partial charge in [-0.1, -0.05) is 5.92 Å². The van der Waals surface area contributed by atoms with Crippen LogP contribution in [0.15, 0.2) is 48.8 Å². The molecule has 1 aromatic carbocycles. The fourth-order valence-electron chi connectivity index (χ4n) is 5.02. The second-order valence-corrected chi connectivity index (χ2v) is 9.26. The molecule has 3 heterocycles. The molecule has 8 heteroatoms. The number of aliphatic hydroxyl groups excluding tert-OH is 1. The van der Waals surface area contributed by atoms with Crippen molar-refractivity contribution in [3.63, 3.8) is 0 Å². The summed E-state index contributed by atoms with van der Waals surface area (Å²) in [6, 6.07) is 11.2. The van der Waals surface area contributed by atoms with Crippen LogP contribution in [0, 0.1) is 23.7 Å². The number of carbonyl (C=O) groups is 1. The number of benzene rings is 1. The summed E-state index contributed by atoms with van der Waals surface area (Å²) in [5.74, 6) is 6.77. The monoisotopic (exact) mass is 488 g/mol. The van der Waals surface area contributed by atoms with Gasteiger partial charge in [0.2, 0.25) is 0 Å². The van der Waals surface area contributed by atoms with Crippen molar-refractivity contribution >= 4 is 16.9 Å². The lowest BCUT2D eigenvalue weighted by Gasteiger charge is -2.38. The number of nitrogens with zero attached hydrogens (tertiary/aromatic N) is 4. The molecule has 8 nitrogen and oxygen atoms in total. The molecule has 1 fully saturated rings. The zero-order valence-corrected chi connectivity index (χ0v) is 20.5. The van der Waals surface area contributed by atoms with Crippen molar-refractivity contribution in [2.75, 3.05) is 26.7 Å². The second-order valence-electron chi connectivity index (χ2n) is 9.26. The van der Waals surface area contributed by atoms with E-state index in [4.69, 9.17) is 4.74 Å². The summed E-state index contributed by atoms with van der Waals surface area (Å²) in [6.07, 6.45) is 5.89. The average molecular weight is 489 g/mol. The molecular formula is C28H32N4O4. The van der Waals surface area contributed by atoms with Crippen molar-refractivity contribution in [2.45, 2.75) is 38.2 Å². The van der Waals surface area contributed by atoms with Crippen molar-refractivity contribution in [2.24, 2.45) is 11.8 Å². The summed E-state index contributed by atoms with van der Waals surface area (Å²) in [5.41, 5.74) is 2.31. The Morgan fingerprint density at radius 3 is 2.89 bits per heavy atom. The molecule has 0 saturated carbocycles. The van der Waals surface area contributed by atoms with Gasteiger partial charge in [0.05, 0.1) is 25.3 Å². The maximum absolute atomic E-state index is 11.3. The van der Waals surface area contributed by atoms with E-state index in [9.17, 15) is 15.0 Å². The van der Waals surface area contributed by atoms with Crippen molar-refractivity contribution < 1.29 is 19.7 Å². The van der Waals surface area contributed by atoms with Crippen LogP contribution in [0.4, 0.5) is 0 Å². The first-order chi connectivity index (χ1) is 17.5. The van der Waals surface area contributed by atoms with Gasteiger partial charge in [0.15, 0.2) is 0 Å². The standard InChI is InChI=1S/C28H32N4O4/c1-36-23-8-9-26-25(18-23)24(12-15-29-26)27(33)10-6-20-13-17-32(19-21(20)7-11-28(34)35)16-3-5-22-4-2-14-30-31-22/h2,4,8-9,12,14-15,18,20-21,27,33H,6-7,10-11,13,16-17,19H2,1H3,(H,34,35)/t20-,21+,27?/m1/s1. The van der Waals surface area contributed by atoms with Crippen molar-refractivity contribution in [1.82, 2.24) is 20.1 Å². The summed E-state index contributed by atoms with van der Waals surface area (Å²) < 4.78 is 5.36. The number of hydrogen-bond donors (Lipinski definition) is 2. The van der Waals surface area contributed by atoms with Gasteiger partial charge in [-0.25, -0.2) is 0 Å². The fraction of sp³-hybridized carbons (Fsp3) is 0.429. The molecular weight excluding hydrogens is 456 g/mol. The number of hydrogen-bond acceptors (Lipinski definition) is 7. The van der Waals surface area contributed by atoms with E-state index in [1.165, 1.54) is 0 Å². The molecule has 188 valence electrons. The second kappa shape index (κ2) is 12.4. The molecule has 0 spiro atoms. The van der Waals surface area contributed by atoms with E-state index in [1.807, 2.05) is 36.4 Å². The first kappa shape index (κ1) is 25.5. The maximum atomic E-state index is 11.3. The number of aliphatic carboxylic acids is 1. The molecule has 2 N–H and O–H groups in total. The van der Waals surface area contributed by atoms with E-state index in [2.05, 4.69) is 31.9 Å². The normalized spacial score (nSPS) is 18.8. The van der Waals surface area contributed by atoms with Crippen LogP contribution < -0.4 is 4.74 Å². The Kier molecular flexibility index (Phi) is 8.82. The Labute approximate surface area is 211 Å². The van der Waals surface area contributed by atoms with E-state index in [-0.39, 0.29) is 12.3 Å². The van der Waals surface area contributed by atoms with Gasteiger partial charge < -0.3 is 14.9 Å². The SMILES string of the molecule is COc1ccc2nccc(C(O)CC[C@@H]3CCN(CC#Cc4cccnn4)C[C@@H]3CCC(=O)O)c2c1. The molecule has 3 aromatic rings. The number of rotatable bonds is 9. The quantitative estimate of drug-likeness (QED) is 0.439. The van der Waals surface area contributed by atoms with Crippen molar-refractivity contribution in [3.05, 3.63) is 60.0 Å². The highest BCUT2D eigenvalue weighted by Gasteiger charge is 2.29. The third kappa shape index (κ3) is 6.78. The molecule has 0 bridgehead atoms. The number of methoxy groups -OCH3 is 1. The zero-order chi connectivity index (χ0) is 25.3. The average Bonchev–Trinajstić information content (AvgIpc) is 2.91. The summed E-state index contributed by atoms with van der Waals surface area (Å²) in [5, 5.41) is 29.1.